The molecule has 2 N–H and O–H groups in total. The van der Waals surface area contributed by atoms with Crippen LogP contribution in [0.5, 0.6) is 0 Å². The number of amides is 1. The standard InChI is InChI=1S/C20H23NO5/c1-3-25-14(2)26-18(20(23)24)17(15-10-6-4-7-11-15)21-19(22)16-12-8-5-9-13-16/h4-14,17-18H,3H2,1-2H3,(H,21,22)(H,23,24)/t14-,17+,18-/m1/s1. The predicted molar refractivity (Wildman–Crippen MR) is 96.7 cm³/mol. The van der Waals surface area contributed by atoms with Crippen LogP contribution in [0.3, 0.4) is 0 Å². The molecule has 0 saturated heterocycles. The van der Waals surface area contributed by atoms with Crippen molar-refractivity contribution in [1.29, 1.82) is 0 Å². The first-order chi connectivity index (χ1) is 12.5. The predicted octanol–water partition coefficient (Wildman–Crippen LogP) is 3.01. The molecular formula is C20H23NO5. The smallest absolute Gasteiger partial charge is 0.335 e. The first-order valence-electron chi connectivity index (χ1n) is 8.43. The van der Waals surface area contributed by atoms with Gasteiger partial charge in [-0.15, -0.1) is 0 Å². The third-order valence-electron chi connectivity index (χ3n) is 3.77. The number of hydrogen-bond donors (Lipinski definition) is 2. The highest BCUT2D eigenvalue weighted by Crippen LogP contribution is 2.22. The number of carboxylic acids is 1. The van der Waals surface area contributed by atoms with Gasteiger partial charge in [0.05, 0.1) is 6.04 Å². The Bertz CT molecular complexity index is 705. The van der Waals surface area contributed by atoms with Crippen molar-refractivity contribution >= 4 is 11.9 Å². The highest BCUT2D eigenvalue weighted by atomic mass is 16.7. The van der Waals surface area contributed by atoms with Crippen molar-refractivity contribution < 1.29 is 24.2 Å². The van der Waals surface area contributed by atoms with Crippen molar-refractivity contribution in [2.24, 2.45) is 0 Å². The molecule has 0 bridgehead atoms. The third kappa shape index (κ3) is 5.40. The summed E-state index contributed by atoms with van der Waals surface area (Å²) in [6, 6.07) is 16.6. The molecule has 0 aromatic heterocycles. The van der Waals surface area contributed by atoms with E-state index in [9.17, 15) is 14.7 Å². The van der Waals surface area contributed by atoms with Crippen molar-refractivity contribution in [2.45, 2.75) is 32.3 Å². The molecule has 0 unspecified atom stereocenters. The lowest BCUT2D eigenvalue weighted by Crippen LogP contribution is -2.43. The SMILES string of the molecule is CCO[C@@H](C)O[C@@H](C(=O)O)[C@@H](NC(=O)c1ccccc1)c1ccccc1. The van der Waals surface area contributed by atoms with Gasteiger partial charge in [-0.25, -0.2) is 4.79 Å². The summed E-state index contributed by atoms with van der Waals surface area (Å²) in [5.41, 5.74) is 1.07. The Morgan fingerprint density at radius 1 is 1.04 bits per heavy atom. The van der Waals surface area contributed by atoms with Crippen molar-refractivity contribution in [1.82, 2.24) is 5.32 Å². The second-order valence-corrected chi connectivity index (χ2v) is 5.65. The molecule has 0 fully saturated rings. The third-order valence-corrected chi connectivity index (χ3v) is 3.77. The van der Waals surface area contributed by atoms with E-state index in [1.165, 1.54) is 0 Å². The van der Waals surface area contributed by atoms with Crippen LogP contribution in [0.1, 0.15) is 35.8 Å². The summed E-state index contributed by atoms with van der Waals surface area (Å²) in [5, 5.41) is 12.5. The van der Waals surface area contributed by atoms with Crippen LogP contribution in [0.25, 0.3) is 0 Å². The minimum absolute atomic E-state index is 0.377. The topological polar surface area (TPSA) is 84.9 Å². The van der Waals surface area contributed by atoms with E-state index in [4.69, 9.17) is 9.47 Å². The fourth-order valence-electron chi connectivity index (χ4n) is 2.57. The average Bonchev–Trinajstić information content (AvgIpc) is 2.66. The summed E-state index contributed by atoms with van der Waals surface area (Å²) in [4.78, 5) is 24.4. The lowest BCUT2D eigenvalue weighted by Gasteiger charge is -2.28. The second kappa shape index (κ2) is 9.70. The van der Waals surface area contributed by atoms with E-state index in [1.807, 2.05) is 6.07 Å². The first kappa shape index (κ1) is 19.6. The Labute approximate surface area is 152 Å². The quantitative estimate of drug-likeness (QED) is 0.674. The average molecular weight is 357 g/mol. The molecule has 26 heavy (non-hydrogen) atoms. The van der Waals surface area contributed by atoms with Crippen molar-refractivity contribution in [2.75, 3.05) is 6.61 Å². The molecule has 2 aromatic carbocycles. The lowest BCUT2D eigenvalue weighted by molar-refractivity contribution is -0.187. The summed E-state index contributed by atoms with van der Waals surface area (Å²) in [6.07, 6.45) is -2.02. The molecule has 0 aliphatic heterocycles. The van der Waals surface area contributed by atoms with Gasteiger partial charge in [0.2, 0.25) is 0 Å². The molecule has 3 atom stereocenters. The van der Waals surface area contributed by atoms with Gasteiger partial charge in [0.15, 0.2) is 12.4 Å². The fourth-order valence-corrected chi connectivity index (χ4v) is 2.57. The van der Waals surface area contributed by atoms with Crippen LogP contribution in [0.15, 0.2) is 60.7 Å². The second-order valence-electron chi connectivity index (χ2n) is 5.65. The fraction of sp³-hybridized carbons (Fsp3) is 0.300. The number of rotatable bonds is 9. The van der Waals surface area contributed by atoms with Gasteiger partial charge in [-0.3, -0.25) is 4.79 Å². The van der Waals surface area contributed by atoms with Crippen LogP contribution in [0.2, 0.25) is 0 Å². The van der Waals surface area contributed by atoms with Gasteiger partial charge in [0.25, 0.3) is 5.91 Å². The molecule has 2 rings (SSSR count). The molecule has 0 heterocycles. The Morgan fingerprint density at radius 2 is 1.62 bits per heavy atom. The zero-order valence-corrected chi connectivity index (χ0v) is 14.8. The highest BCUT2D eigenvalue weighted by molar-refractivity contribution is 5.94. The molecule has 0 saturated carbocycles. The van der Waals surface area contributed by atoms with Gasteiger partial charge in [-0.05, 0) is 31.5 Å². The van der Waals surface area contributed by atoms with E-state index in [0.29, 0.717) is 17.7 Å². The van der Waals surface area contributed by atoms with Gasteiger partial charge in [-0.1, -0.05) is 48.5 Å². The number of ether oxygens (including phenoxy) is 2. The molecule has 6 nitrogen and oxygen atoms in total. The number of carbonyl (C=O) groups is 2. The van der Waals surface area contributed by atoms with Crippen LogP contribution in [-0.2, 0) is 14.3 Å². The van der Waals surface area contributed by atoms with E-state index in [0.717, 1.165) is 0 Å². The van der Waals surface area contributed by atoms with Gasteiger partial charge >= 0.3 is 5.97 Å². The maximum Gasteiger partial charge on any atom is 0.335 e. The molecule has 0 radical (unpaired) electrons. The summed E-state index contributed by atoms with van der Waals surface area (Å²) in [5.74, 6) is -1.56. The molecule has 1 amide bonds. The maximum absolute atomic E-state index is 12.6. The Hall–Kier alpha value is -2.70. The molecular weight excluding hydrogens is 334 g/mol. The highest BCUT2D eigenvalue weighted by Gasteiger charge is 2.33. The number of benzene rings is 2. The monoisotopic (exact) mass is 357 g/mol. The number of aliphatic carboxylic acids is 1. The molecule has 0 aliphatic rings. The molecule has 6 heteroatoms. The van der Waals surface area contributed by atoms with E-state index < -0.39 is 24.4 Å². The van der Waals surface area contributed by atoms with E-state index in [2.05, 4.69) is 5.32 Å². The van der Waals surface area contributed by atoms with Crippen LogP contribution in [0, 0.1) is 0 Å². The summed E-state index contributed by atoms with van der Waals surface area (Å²) >= 11 is 0. The Morgan fingerprint density at radius 3 is 2.15 bits per heavy atom. The maximum atomic E-state index is 12.6. The lowest BCUT2D eigenvalue weighted by atomic mass is 10.0. The largest absolute Gasteiger partial charge is 0.479 e. The van der Waals surface area contributed by atoms with Crippen molar-refractivity contribution in [3.63, 3.8) is 0 Å². The number of nitrogens with one attached hydrogen (secondary N) is 1. The number of carbonyl (C=O) groups excluding carboxylic acids is 1. The van der Waals surface area contributed by atoms with Crippen LogP contribution in [-0.4, -0.2) is 36.0 Å². The van der Waals surface area contributed by atoms with Gasteiger partial charge in [0, 0.05) is 12.2 Å². The minimum Gasteiger partial charge on any atom is -0.479 e. The zero-order chi connectivity index (χ0) is 18.9. The van der Waals surface area contributed by atoms with Crippen LogP contribution in [0.4, 0.5) is 0 Å². The number of carboxylic acid groups (broad SMARTS) is 1. The van der Waals surface area contributed by atoms with E-state index in [1.54, 1.807) is 68.4 Å². The van der Waals surface area contributed by atoms with Crippen molar-refractivity contribution in [3.8, 4) is 0 Å². The van der Waals surface area contributed by atoms with Gasteiger partial charge < -0.3 is 19.9 Å². The summed E-state index contributed by atoms with van der Waals surface area (Å²) in [6.45, 7) is 3.81. The molecule has 138 valence electrons. The van der Waals surface area contributed by atoms with Gasteiger partial charge in [-0.2, -0.15) is 0 Å². The number of hydrogen-bond acceptors (Lipinski definition) is 4. The normalized spacial score (nSPS) is 14.2. The zero-order valence-electron chi connectivity index (χ0n) is 14.8. The summed E-state index contributed by atoms with van der Waals surface area (Å²) < 4.78 is 10.9. The van der Waals surface area contributed by atoms with Gasteiger partial charge in [0.1, 0.15) is 0 Å². The molecule has 2 aromatic rings. The summed E-state index contributed by atoms with van der Waals surface area (Å²) in [7, 11) is 0. The Balaban J connectivity index is 2.30. The first-order valence-corrected chi connectivity index (χ1v) is 8.43. The minimum atomic E-state index is -1.30. The van der Waals surface area contributed by atoms with Crippen LogP contribution >= 0.6 is 0 Å². The van der Waals surface area contributed by atoms with Crippen LogP contribution < -0.4 is 5.32 Å². The molecule has 0 spiro atoms. The van der Waals surface area contributed by atoms with E-state index >= 15 is 0 Å². The van der Waals surface area contributed by atoms with E-state index in [-0.39, 0.29) is 5.91 Å². The molecule has 0 aliphatic carbocycles. The Kier molecular flexibility index (Phi) is 7.32. The van der Waals surface area contributed by atoms with Crippen molar-refractivity contribution in [3.05, 3.63) is 71.8 Å².